The Bertz CT molecular complexity index is 459. The lowest BCUT2D eigenvalue weighted by Gasteiger charge is -2.08. The fourth-order valence-corrected chi connectivity index (χ4v) is 2.27. The molecule has 0 bridgehead atoms. The van der Waals surface area contributed by atoms with E-state index < -0.39 is 0 Å². The fraction of sp³-hybridized carbons (Fsp3) is 0.471. The van der Waals surface area contributed by atoms with E-state index in [1.165, 1.54) is 43.4 Å². The van der Waals surface area contributed by atoms with Gasteiger partial charge in [-0.3, -0.25) is 4.68 Å². The van der Waals surface area contributed by atoms with Crippen LogP contribution in [0.3, 0.4) is 0 Å². The summed E-state index contributed by atoms with van der Waals surface area (Å²) in [7, 11) is 0. The molecule has 0 aliphatic heterocycles. The third-order valence-electron chi connectivity index (χ3n) is 3.47. The molecule has 1 heterocycles. The third kappa shape index (κ3) is 5.08. The van der Waals surface area contributed by atoms with E-state index in [9.17, 15) is 0 Å². The highest BCUT2D eigenvalue weighted by atomic mass is 15.3. The van der Waals surface area contributed by atoms with Gasteiger partial charge in [0.1, 0.15) is 0 Å². The lowest BCUT2D eigenvalue weighted by Crippen LogP contribution is -2.02. The van der Waals surface area contributed by atoms with Gasteiger partial charge in [0.25, 0.3) is 0 Å². The Morgan fingerprint density at radius 2 is 1.85 bits per heavy atom. The summed E-state index contributed by atoms with van der Waals surface area (Å²) in [5, 5.41) is 7.71. The molecule has 0 radical (unpaired) electrons. The van der Waals surface area contributed by atoms with Crippen molar-refractivity contribution < 1.29 is 0 Å². The molecule has 0 aliphatic carbocycles. The average molecular weight is 271 g/mol. The van der Waals surface area contributed by atoms with Crippen molar-refractivity contribution >= 4 is 5.69 Å². The first kappa shape index (κ1) is 14.6. The summed E-state index contributed by atoms with van der Waals surface area (Å²) in [6.07, 6.45) is 10.4. The van der Waals surface area contributed by atoms with Crippen LogP contribution in [0.5, 0.6) is 0 Å². The van der Waals surface area contributed by atoms with Crippen LogP contribution < -0.4 is 5.32 Å². The standard InChI is InChI=1S/C17H25N3/c1-2-3-4-5-6-12-18-17-10-8-16(9-11-17)15-20-14-7-13-19-20/h7-11,13-14,18H,2-6,12,15H2,1H3. The molecular weight excluding hydrogens is 246 g/mol. The first-order valence-corrected chi connectivity index (χ1v) is 7.68. The van der Waals surface area contributed by atoms with Crippen molar-refractivity contribution in [2.45, 2.75) is 45.6 Å². The van der Waals surface area contributed by atoms with Crippen LogP contribution in [0.2, 0.25) is 0 Å². The van der Waals surface area contributed by atoms with E-state index in [2.05, 4.69) is 41.6 Å². The van der Waals surface area contributed by atoms with Gasteiger partial charge in [-0.05, 0) is 30.2 Å². The lowest BCUT2D eigenvalue weighted by molar-refractivity contribution is 0.645. The van der Waals surface area contributed by atoms with Crippen molar-refractivity contribution in [1.29, 1.82) is 0 Å². The molecule has 20 heavy (non-hydrogen) atoms. The summed E-state index contributed by atoms with van der Waals surface area (Å²) in [5.74, 6) is 0. The van der Waals surface area contributed by atoms with E-state index in [1.807, 2.05) is 23.1 Å². The molecule has 1 N–H and O–H groups in total. The summed E-state index contributed by atoms with van der Waals surface area (Å²) in [6.45, 7) is 4.16. The molecule has 2 aromatic rings. The van der Waals surface area contributed by atoms with Gasteiger partial charge in [-0.25, -0.2) is 0 Å². The molecule has 0 atom stereocenters. The highest BCUT2D eigenvalue weighted by Crippen LogP contribution is 2.11. The maximum Gasteiger partial charge on any atom is 0.0659 e. The molecule has 0 unspecified atom stereocenters. The second kappa shape index (κ2) is 8.41. The second-order valence-corrected chi connectivity index (χ2v) is 5.24. The van der Waals surface area contributed by atoms with Crippen molar-refractivity contribution in [3.8, 4) is 0 Å². The van der Waals surface area contributed by atoms with Crippen LogP contribution in [0, 0.1) is 0 Å². The lowest BCUT2D eigenvalue weighted by atomic mass is 10.1. The SMILES string of the molecule is CCCCCCCNc1ccc(Cn2cccn2)cc1. The number of nitrogens with one attached hydrogen (secondary N) is 1. The van der Waals surface area contributed by atoms with Crippen LogP contribution in [-0.4, -0.2) is 16.3 Å². The van der Waals surface area contributed by atoms with E-state index >= 15 is 0 Å². The smallest absolute Gasteiger partial charge is 0.0659 e. The first-order valence-electron chi connectivity index (χ1n) is 7.68. The minimum absolute atomic E-state index is 0.838. The Hall–Kier alpha value is -1.77. The summed E-state index contributed by atoms with van der Waals surface area (Å²) >= 11 is 0. The van der Waals surface area contributed by atoms with Crippen LogP contribution in [0.1, 0.15) is 44.6 Å². The molecule has 1 aromatic heterocycles. The van der Waals surface area contributed by atoms with Crippen LogP contribution in [0.4, 0.5) is 5.69 Å². The normalized spacial score (nSPS) is 10.7. The number of nitrogens with zero attached hydrogens (tertiary/aromatic N) is 2. The number of rotatable bonds is 9. The van der Waals surface area contributed by atoms with Gasteiger partial charge in [0.2, 0.25) is 0 Å². The molecule has 0 fully saturated rings. The van der Waals surface area contributed by atoms with Crippen LogP contribution in [0.25, 0.3) is 0 Å². The topological polar surface area (TPSA) is 29.9 Å². The Morgan fingerprint density at radius 3 is 2.55 bits per heavy atom. The first-order chi connectivity index (χ1) is 9.88. The Kier molecular flexibility index (Phi) is 6.15. The van der Waals surface area contributed by atoms with Crippen molar-refractivity contribution in [2.75, 3.05) is 11.9 Å². The van der Waals surface area contributed by atoms with Gasteiger partial charge in [-0.2, -0.15) is 5.10 Å². The zero-order valence-electron chi connectivity index (χ0n) is 12.4. The van der Waals surface area contributed by atoms with Crippen molar-refractivity contribution in [2.24, 2.45) is 0 Å². The number of aromatic nitrogens is 2. The highest BCUT2D eigenvalue weighted by molar-refractivity contribution is 5.44. The molecule has 2 rings (SSSR count). The monoisotopic (exact) mass is 271 g/mol. The van der Waals surface area contributed by atoms with Crippen molar-refractivity contribution in [3.63, 3.8) is 0 Å². The van der Waals surface area contributed by atoms with Gasteiger partial charge in [0.15, 0.2) is 0 Å². The van der Waals surface area contributed by atoms with Crippen LogP contribution in [0.15, 0.2) is 42.7 Å². The van der Waals surface area contributed by atoms with Crippen LogP contribution >= 0.6 is 0 Å². The van der Waals surface area contributed by atoms with E-state index in [1.54, 1.807) is 0 Å². The van der Waals surface area contributed by atoms with E-state index in [0.29, 0.717) is 0 Å². The van der Waals surface area contributed by atoms with Crippen molar-refractivity contribution in [3.05, 3.63) is 48.3 Å². The number of benzene rings is 1. The maximum absolute atomic E-state index is 4.22. The molecule has 3 nitrogen and oxygen atoms in total. The Morgan fingerprint density at radius 1 is 1.05 bits per heavy atom. The predicted molar refractivity (Wildman–Crippen MR) is 85.0 cm³/mol. The van der Waals surface area contributed by atoms with E-state index in [0.717, 1.165) is 13.1 Å². The predicted octanol–water partition coefficient (Wildman–Crippen LogP) is 4.31. The van der Waals surface area contributed by atoms with Gasteiger partial charge in [-0.15, -0.1) is 0 Å². The molecule has 0 saturated heterocycles. The minimum atomic E-state index is 0.838. The molecule has 108 valence electrons. The second-order valence-electron chi connectivity index (χ2n) is 5.24. The zero-order valence-corrected chi connectivity index (χ0v) is 12.4. The molecule has 1 aromatic carbocycles. The average Bonchev–Trinajstić information content (AvgIpc) is 2.97. The molecule has 0 saturated carbocycles. The van der Waals surface area contributed by atoms with E-state index in [-0.39, 0.29) is 0 Å². The highest BCUT2D eigenvalue weighted by Gasteiger charge is 1.96. The summed E-state index contributed by atoms with van der Waals surface area (Å²) < 4.78 is 1.94. The minimum Gasteiger partial charge on any atom is -0.385 e. The fourth-order valence-electron chi connectivity index (χ4n) is 2.27. The summed E-state index contributed by atoms with van der Waals surface area (Å²) in [5.41, 5.74) is 2.49. The van der Waals surface area contributed by atoms with Crippen LogP contribution in [-0.2, 0) is 6.54 Å². The molecular formula is C17H25N3. The van der Waals surface area contributed by atoms with Crippen molar-refractivity contribution in [1.82, 2.24) is 9.78 Å². The summed E-state index contributed by atoms with van der Waals surface area (Å²) in [4.78, 5) is 0. The van der Waals surface area contributed by atoms with Gasteiger partial charge in [0.05, 0.1) is 6.54 Å². The number of hydrogen-bond donors (Lipinski definition) is 1. The quantitative estimate of drug-likeness (QED) is 0.689. The van der Waals surface area contributed by atoms with E-state index in [4.69, 9.17) is 0 Å². The molecule has 0 spiro atoms. The molecule has 0 aliphatic rings. The Balaban J connectivity index is 1.69. The number of unbranched alkanes of at least 4 members (excludes halogenated alkanes) is 4. The number of anilines is 1. The molecule has 0 amide bonds. The largest absolute Gasteiger partial charge is 0.385 e. The third-order valence-corrected chi connectivity index (χ3v) is 3.47. The number of hydrogen-bond acceptors (Lipinski definition) is 2. The van der Waals surface area contributed by atoms with Gasteiger partial charge >= 0.3 is 0 Å². The maximum atomic E-state index is 4.22. The molecule has 3 heteroatoms. The zero-order chi connectivity index (χ0) is 14.0. The Labute approximate surface area is 122 Å². The summed E-state index contributed by atoms with van der Waals surface area (Å²) in [6, 6.07) is 10.6. The van der Waals surface area contributed by atoms with Gasteiger partial charge in [0, 0.05) is 24.6 Å². The van der Waals surface area contributed by atoms with Gasteiger partial charge in [-0.1, -0.05) is 44.7 Å². The van der Waals surface area contributed by atoms with Gasteiger partial charge < -0.3 is 5.32 Å².